The third-order valence-corrected chi connectivity index (χ3v) is 4.03. The lowest BCUT2D eigenvalue weighted by Gasteiger charge is -2.34. The van der Waals surface area contributed by atoms with Gasteiger partial charge in [-0.15, -0.1) is 0 Å². The molecule has 1 saturated heterocycles. The Bertz CT molecular complexity index is 360. The molecule has 1 aliphatic heterocycles. The molecule has 0 spiro atoms. The van der Waals surface area contributed by atoms with Crippen LogP contribution in [0.1, 0.15) is 18.0 Å². The van der Waals surface area contributed by atoms with Crippen molar-refractivity contribution in [1.29, 1.82) is 5.41 Å². The number of hydrogen-bond acceptors (Lipinski definition) is 3. The van der Waals surface area contributed by atoms with Crippen LogP contribution in [0.15, 0.2) is 30.3 Å². The van der Waals surface area contributed by atoms with Crippen molar-refractivity contribution in [3.63, 3.8) is 0 Å². The van der Waals surface area contributed by atoms with Gasteiger partial charge in [-0.05, 0) is 5.56 Å². The van der Waals surface area contributed by atoms with Crippen LogP contribution in [0.2, 0.25) is 0 Å². The number of benzene rings is 1. The smallest absolute Gasteiger partial charge is 0.0924 e. The number of amidine groups is 1. The van der Waals surface area contributed by atoms with Gasteiger partial charge in [-0.2, -0.15) is 11.8 Å². The van der Waals surface area contributed by atoms with Gasteiger partial charge in [0.2, 0.25) is 0 Å². The van der Waals surface area contributed by atoms with Crippen molar-refractivity contribution in [2.45, 2.75) is 12.5 Å². The molecule has 0 bridgehead atoms. The summed E-state index contributed by atoms with van der Waals surface area (Å²) in [5, 5.41) is 7.54. The third-order valence-electron chi connectivity index (χ3n) is 3.08. The molecule has 1 aromatic rings. The molecule has 1 aliphatic rings. The van der Waals surface area contributed by atoms with Crippen molar-refractivity contribution in [2.75, 3.05) is 24.6 Å². The minimum absolute atomic E-state index is 0.273. The number of thioether (sulfide) groups is 1. The van der Waals surface area contributed by atoms with Crippen molar-refractivity contribution in [3.05, 3.63) is 35.9 Å². The Balaban J connectivity index is 2.15. The normalized spacial score (nSPS) is 18.8. The fraction of sp³-hybridized carbons (Fsp3) is 0.462. The van der Waals surface area contributed by atoms with Gasteiger partial charge in [0.05, 0.1) is 5.84 Å². The molecule has 92 valence electrons. The quantitative estimate of drug-likeness (QED) is 0.634. The van der Waals surface area contributed by atoms with E-state index in [1.165, 1.54) is 17.1 Å². The monoisotopic (exact) mass is 249 g/mol. The van der Waals surface area contributed by atoms with Crippen LogP contribution in [0.4, 0.5) is 0 Å². The number of hydrogen-bond donors (Lipinski definition) is 2. The second-order valence-corrected chi connectivity index (χ2v) is 5.53. The second kappa shape index (κ2) is 6.07. The summed E-state index contributed by atoms with van der Waals surface area (Å²) in [5.74, 6) is 2.64. The first kappa shape index (κ1) is 12.5. The molecule has 3 nitrogen and oxygen atoms in total. The van der Waals surface area contributed by atoms with Crippen LogP contribution in [-0.4, -0.2) is 35.3 Å². The first-order valence-electron chi connectivity index (χ1n) is 5.97. The highest BCUT2D eigenvalue weighted by Gasteiger charge is 2.22. The van der Waals surface area contributed by atoms with Crippen LogP contribution in [-0.2, 0) is 0 Å². The predicted molar refractivity (Wildman–Crippen MR) is 74.6 cm³/mol. The van der Waals surface area contributed by atoms with E-state index < -0.39 is 0 Å². The zero-order valence-corrected chi connectivity index (χ0v) is 10.7. The molecule has 1 unspecified atom stereocenters. The van der Waals surface area contributed by atoms with E-state index in [9.17, 15) is 0 Å². The Kier molecular flexibility index (Phi) is 4.45. The van der Waals surface area contributed by atoms with Crippen molar-refractivity contribution >= 4 is 17.6 Å². The summed E-state index contributed by atoms with van der Waals surface area (Å²) in [5.41, 5.74) is 6.86. The Morgan fingerprint density at radius 2 is 1.94 bits per heavy atom. The van der Waals surface area contributed by atoms with E-state index in [-0.39, 0.29) is 11.9 Å². The van der Waals surface area contributed by atoms with Gasteiger partial charge < -0.3 is 5.73 Å². The maximum absolute atomic E-state index is 7.54. The Labute approximate surface area is 107 Å². The van der Waals surface area contributed by atoms with Crippen LogP contribution in [0.25, 0.3) is 0 Å². The summed E-state index contributed by atoms with van der Waals surface area (Å²) in [4.78, 5) is 2.45. The van der Waals surface area contributed by atoms with E-state index in [0.29, 0.717) is 6.42 Å². The fourth-order valence-corrected chi connectivity index (χ4v) is 3.16. The highest BCUT2D eigenvalue weighted by atomic mass is 32.2. The van der Waals surface area contributed by atoms with Gasteiger partial charge in [0.25, 0.3) is 0 Å². The molecule has 1 fully saturated rings. The summed E-state index contributed by atoms with van der Waals surface area (Å²) < 4.78 is 0. The lowest BCUT2D eigenvalue weighted by Crippen LogP contribution is -2.37. The van der Waals surface area contributed by atoms with Gasteiger partial charge in [-0.1, -0.05) is 30.3 Å². The van der Waals surface area contributed by atoms with Gasteiger partial charge in [-0.3, -0.25) is 10.3 Å². The zero-order valence-electron chi connectivity index (χ0n) is 9.93. The number of nitrogens with two attached hydrogens (primary N) is 1. The largest absolute Gasteiger partial charge is 0.388 e. The van der Waals surface area contributed by atoms with Gasteiger partial charge in [0, 0.05) is 37.1 Å². The van der Waals surface area contributed by atoms with Gasteiger partial charge >= 0.3 is 0 Å². The van der Waals surface area contributed by atoms with Crippen LogP contribution in [0.3, 0.4) is 0 Å². The maximum atomic E-state index is 7.54. The molecule has 1 aromatic carbocycles. The molecular weight excluding hydrogens is 230 g/mol. The molecule has 2 rings (SSSR count). The summed E-state index contributed by atoms with van der Waals surface area (Å²) in [6, 6.07) is 10.7. The number of rotatable bonds is 4. The summed E-state index contributed by atoms with van der Waals surface area (Å²) in [6.07, 6.45) is 0.634. The van der Waals surface area contributed by atoms with Crippen LogP contribution in [0, 0.1) is 5.41 Å². The maximum Gasteiger partial charge on any atom is 0.0924 e. The molecular formula is C13H19N3S. The molecule has 1 heterocycles. The third kappa shape index (κ3) is 3.48. The van der Waals surface area contributed by atoms with Gasteiger partial charge in [-0.25, -0.2) is 0 Å². The van der Waals surface area contributed by atoms with E-state index in [1.807, 2.05) is 17.8 Å². The molecule has 0 aliphatic carbocycles. The first-order chi connectivity index (χ1) is 8.27. The van der Waals surface area contributed by atoms with Gasteiger partial charge in [0.1, 0.15) is 0 Å². The fourth-order valence-electron chi connectivity index (χ4n) is 2.23. The van der Waals surface area contributed by atoms with Crippen LogP contribution >= 0.6 is 11.8 Å². The second-order valence-electron chi connectivity index (χ2n) is 4.30. The highest BCUT2D eigenvalue weighted by Crippen LogP contribution is 2.26. The Morgan fingerprint density at radius 3 is 2.53 bits per heavy atom. The molecule has 4 heteroatoms. The number of nitrogens with zero attached hydrogens (tertiary/aromatic N) is 1. The molecule has 0 saturated carbocycles. The van der Waals surface area contributed by atoms with E-state index in [1.54, 1.807) is 0 Å². The zero-order chi connectivity index (χ0) is 12.1. The molecule has 0 radical (unpaired) electrons. The lowest BCUT2D eigenvalue weighted by atomic mass is 10.0. The lowest BCUT2D eigenvalue weighted by molar-refractivity contribution is 0.222. The minimum Gasteiger partial charge on any atom is -0.388 e. The average molecular weight is 249 g/mol. The highest BCUT2D eigenvalue weighted by molar-refractivity contribution is 7.99. The topological polar surface area (TPSA) is 53.1 Å². The van der Waals surface area contributed by atoms with Crippen LogP contribution < -0.4 is 5.73 Å². The van der Waals surface area contributed by atoms with E-state index in [2.05, 4.69) is 29.2 Å². The van der Waals surface area contributed by atoms with Crippen molar-refractivity contribution < 1.29 is 0 Å². The summed E-state index contributed by atoms with van der Waals surface area (Å²) in [6.45, 7) is 2.19. The summed E-state index contributed by atoms with van der Waals surface area (Å²) in [7, 11) is 0. The summed E-state index contributed by atoms with van der Waals surface area (Å²) >= 11 is 2.00. The molecule has 17 heavy (non-hydrogen) atoms. The standard InChI is InChI=1S/C13H19N3S/c14-13(15)10-12(11-4-2-1-3-5-11)16-6-8-17-9-7-16/h1-5,12H,6-10H2,(H3,14,15). The minimum atomic E-state index is 0.273. The van der Waals surface area contributed by atoms with Crippen molar-refractivity contribution in [1.82, 2.24) is 4.90 Å². The van der Waals surface area contributed by atoms with Crippen molar-refractivity contribution in [3.8, 4) is 0 Å². The SMILES string of the molecule is N=C(N)CC(c1ccccc1)N1CCSCC1. The number of nitrogens with one attached hydrogen (secondary N) is 1. The van der Waals surface area contributed by atoms with E-state index in [0.717, 1.165) is 13.1 Å². The molecule has 0 amide bonds. The van der Waals surface area contributed by atoms with E-state index in [4.69, 9.17) is 11.1 Å². The first-order valence-corrected chi connectivity index (χ1v) is 7.12. The van der Waals surface area contributed by atoms with Gasteiger partial charge in [0.15, 0.2) is 0 Å². The Morgan fingerprint density at radius 1 is 1.29 bits per heavy atom. The Hall–Kier alpha value is -1.00. The van der Waals surface area contributed by atoms with E-state index >= 15 is 0 Å². The molecule has 0 aromatic heterocycles. The molecule has 1 atom stereocenters. The van der Waals surface area contributed by atoms with Crippen LogP contribution in [0.5, 0.6) is 0 Å². The van der Waals surface area contributed by atoms with Crippen molar-refractivity contribution in [2.24, 2.45) is 5.73 Å². The average Bonchev–Trinajstić information content (AvgIpc) is 2.38. The predicted octanol–water partition coefficient (Wildman–Crippen LogP) is 2.10. The molecule has 3 N–H and O–H groups in total.